The molecule has 0 aliphatic carbocycles. The SMILES string of the molecule is C=C(C)c1cc(Br)cc(CC2CCCNC2)c1. The Morgan fingerprint density at radius 3 is 2.94 bits per heavy atom. The molecule has 2 heteroatoms. The van der Waals surface area contributed by atoms with E-state index in [9.17, 15) is 0 Å². The van der Waals surface area contributed by atoms with Crippen molar-refractivity contribution in [1.82, 2.24) is 5.32 Å². The van der Waals surface area contributed by atoms with E-state index in [1.165, 1.54) is 36.9 Å². The van der Waals surface area contributed by atoms with Crippen LogP contribution in [0.25, 0.3) is 5.57 Å². The maximum atomic E-state index is 4.02. The van der Waals surface area contributed by atoms with E-state index in [-0.39, 0.29) is 0 Å². The van der Waals surface area contributed by atoms with Gasteiger partial charge in [-0.2, -0.15) is 0 Å². The molecule has 1 aromatic carbocycles. The lowest BCUT2D eigenvalue weighted by atomic mass is 9.91. The number of nitrogens with one attached hydrogen (secondary N) is 1. The zero-order valence-electron chi connectivity index (χ0n) is 10.4. The molecule has 1 unspecified atom stereocenters. The molecule has 1 aliphatic rings. The van der Waals surface area contributed by atoms with Gasteiger partial charge in [0.05, 0.1) is 0 Å². The van der Waals surface area contributed by atoms with Gasteiger partial charge in [-0.3, -0.25) is 0 Å². The Morgan fingerprint density at radius 2 is 2.29 bits per heavy atom. The summed E-state index contributed by atoms with van der Waals surface area (Å²) in [6, 6.07) is 6.66. The Labute approximate surface area is 112 Å². The van der Waals surface area contributed by atoms with E-state index in [0.717, 1.165) is 22.5 Å². The van der Waals surface area contributed by atoms with Crippen LogP contribution >= 0.6 is 15.9 Å². The second-order valence-corrected chi connectivity index (χ2v) is 5.96. The van der Waals surface area contributed by atoms with Crippen molar-refractivity contribution in [3.8, 4) is 0 Å². The number of allylic oxidation sites excluding steroid dienone is 1. The molecular formula is C15H20BrN. The predicted octanol–water partition coefficient (Wildman–Crippen LogP) is 4.02. The largest absolute Gasteiger partial charge is 0.316 e. The minimum atomic E-state index is 0.788. The lowest BCUT2D eigenvalue weighted by Crippen LogP contribution is -2.30. The molecule has 1 atom stereocenters. The van der Waals surface area contributed by atoms with Crippen LogP contribution < -0.4 is 5.32 Å². The fourth-order valence-electron chi connectivity index (χ4n) is 2.45. The fourth-order valence-corrected chi connectivity index (χ4v) is 2.99. The zero-order chi connectivity index (χ0) is 12.3. The molecule has 0 amide bonds. The van der Waals surface area contributed by atoms with Crippen LogP contribution in [-0.2, 0) is 6.42 Å². The molecule has 1 aliphatic heterocycles. The molecule has 1 aromatic rings. The van der Waals surface area contributed by atoms with E-state index < -0.39 is 0 Å². The molecule has 1 nitrogen and oxygen atoms in total. The minimum absolute atomic E-state index is 0.788. The molecule has 0 spiro atoms. The first-order valence-corrected chi connectivity index (χ1v) is 7.10. The van der Waals surface area contributed by atoms with Crippen LogP contribution in [0.15, 0.2) is 29.3 Å². The van der Waals surface area contributed by atoms with Crippen LogP contribution in [0.2, 0.25) is 0 Å². The molecule has 1 N–H and O–H groups in total. The van der Waals surface area contributed by atoms with Crippen LogP contribution in [0.1, 0.15) is 30.9 Å². The topological polar surface area (TPSA) is 12.0 Å². The van der Waals surface area contributed by atoms with Crippen LogP contribution in [0.4, 0.5) is 0 Å². The van der Waals surface area contributed by atoms with Crippen LogP contribution in [-0.4, -0.2) is 13.1 Å². The molecular weight excluding hydrogens is 274 g/mol. The highest BCUT2D eigenvalue weighted by molar-refractivity contribution is 9.10. The summed E-state index contributed by atoms with van der Waals surface area (Å²) >= 11 is 3.59. The number of hydrogen-bond donors (Lipinski definition) is 1. The first kappa shape index (κ1) is 12.8. The fraction of sp³-hybridized carbons (Fsp3) is 0.467. The summed E-state index contributed by atoms with van der Waals surface area (Å²) < 4.78 is 1.16. The van der Waals surface area contributed by atoms with Crippen molar-refractivity contribution in [3.63, 3.8) is 0 Å². The molecule has 0 aromatic heterocycles. The highest BCUT2D eigenvalue weighted by atomic mass is 79.9. The van der Waals surface area contributed by atoms with E-state index in [1.807, 2.05) is 0 Å². The van der Waals surface area contributed by atoms with Gasteiger partial charge in [-0.15, -0.1) is 0 Å². The average Bonchev–Trinajstić information content (AvgIpc) is 2.29. The summed E-state index contributed by atoms with van der Waals surface area (Å²) in [7, 11) is 0. The van der Waals surface area contributed by atoms with Gasteiger partial charge in [0.2, 0.25) is 0 Å². The lowest BCUT2D eigenvalue weighted by molar-refractivity contribution is 0.376. The summed E-state index contributed by atoms with van der Waals surface area (Å²) in [5.41, 5.74) is 3.80. The van der Waals surface area contributed by atoms with Crippen molar-refractivity contribution in [2.45, 2.75) is 26.2 Å². The van der Waals surface area contributed by atoms with E-state index in [1.54, 1.807) is 0 Å². The normalized spacial score (nSPS) is 20.2. The maximum absolute atomic E-state index is 4.02. The number of halogens is 1. The van der Waals surface area contributed by atoms with E-state index in [2.05, 4.69) is 52.9 Å². The van der Waals surface area contributed by atoms with E-state index >= 15 is 0 Å². The van der Waals surface area contributed by atoms with Crippen molar-refractivity contribution < 1.29 is 0 Å². The third kappa shape index (κ3) is 3.68. The monoisotopic (exact) mass is 293 g/mol. The summed E-state index contributed by atoms with van der Waals surface area (Å²) in [6.45, 7) is 8.43. The van der Waals surface area contributed by atoms with Gasteiger partial charge in [0.25, 0.3) is 0 Å². The molecule has 2 rings (SSSR count). The van der Waals surface area contributed by atoms with Gasteiger partial charge >= 0.3 is 0 Å². The Morgan fingerprint density at radius 1 is 1.47 bits per heavy atom. The van der Waals surface area contributed by atoms with Crippen molar-refractivity contribution >= 4 is 21.5 Å². The van der Waals surface area contributed by atoms with Crippen LogP contribution in [0, 0.1) is 5.92 Å². The molecule has 1 heterocycles. The quantitative estimate of drug-likeness (QED) is 0.887. The molecule has 1 saturated heterocycles. The average molecular weight is 294 g/mol. The third-order valence-electron chi connectivity index (χ3n) is 3.37. The molecule has 1 fully saturated rings. The number of hydrogen-bond acceptors (Lipinski definition) is 1. The van der Waals surface area contributed by atoms with Gasteiger partial charge in [-0.25, -0.2) is 0 Å². The number of rotatable bonds is 3. The Hall–Kier alpha value is -0.600. The minimum Gasteiger partial charge on any atom is -0.316 e. The van der Waals surface area contributed by atoms with Crippen molar-refractivity contribution in [1.29, 1.82) is 0 Å². The lowest BCUT2D eigenvalue weighted by Gasteiger charge is -2.23. The molecule has 92 valence electrons. The first-order chi connectivity index (χ1) is 8.15. The van der Waals surface area contributed by atoms with E-state index in [0.29, 0.717) is 0 Å². The molecule has 0 bridgehead atoms. The highest BCUT2D eigenvalue weighted by Crippen LogP contribution is 2.24. The second-order valence-electron chi connectivity index (χ2n) is 5.04. The number of piperidine rings is 1. The Kier molecular flexibility index (Phi) is 4.41. The first-order valence-electron chi connectivity index (χ1n) is 6.31. The summed E-state index contributed by atoms with van der Waals surface area (Å²) in [5, 5.41) is 3.48. The van der Waals surface area contributed by atoms with Gasteiger partial charge in [0.15, 0.2) is 0 Å². The zero-order valence-corrected chi connectivity index (χ0v) is 12.0. The van der Waals surface area contributed by atoms with E-state index in [4.69, 9.17) is 0 Å². The number of benzene rings is 1. The molecule has 17 heavy (non-hydrogen) atoms. The van der Waals surface area contributed by atoms with Gasteiger partial charge in [-0.1, -0.05) is 34.1 Å². The molecule has 0 radical (unpaired) electrons. The van der Waals surface area contributed by atoms with Crippen molar-refractivity contribution in [2.75, 3.05) is 13.1 Å². The summed E-state index contributed by atoms with van der Waals surface area (Å²) in [5.74, 6) is 0.788. The second kappa shape index (κ2) is 5.83. The predicted molar refractivity (Wildman–Crippen MR) is 78.1 cm³/mol. The standard InChI is InChI=1S/C15H20BrN/c1-11(2)14-7-13(8-15(16)9-14)6-12-4-3-5-17-10-12/h7-9,12,17H,1,3-6,10H2,2H3. The van der Waals surface area contributed by atoms with Crippen LogP contribution in [0.5, 0.6) is 0 Å². The van der Waals surface area contributed by atoms with Gasteiger partial charge in [0.1, 0.15) is 0 Å². The van der Waals surface area contributed by atoms with Gasteiger partial charge < -0.3 is 5.32 Å². The Balaban J connectivity index is 2.11. The maximum Gasteiger partial charge on any atom is 0.0184 e. The van der Waals surface area contributed by atoms with Crippen molar-refractivity contribution in [2.24, 2.45) is 5.92 Å². The van der Waals surface area contributed by atoms with Gasteiger partial charge in [-0.05, 0) is 68.5 Å². The summed E-state index contributed by atoms with van der Waals surface area (Å²) in [4.78, 5) is 0. The third-order valence-corrected chi connectivity index (χ3v) is 3.83. The van der Waals surface area contributed by atoms with Gasteiger partial charge in [0, 0.05) is 4.47 Å². The molecule has 0 saturated carbocycles. The smallest absolute Gasteiger partial charge is 0.0184 e. The highest BCUT2D eigenvalue weighted by Gasteiger charge is 2.14. The van der Waals surface area contributed by atoms with Crippen molar-refractivity contribution in [3.05, 3.63) is 40.4 Å². The summed E-state index contributed by atoms with van der Waals surface area (Å²) in [6.07, 6.45) is 3.83. The van der Waals surface area contributed by atoms with Crippen LogP contribution in [0.3, 0.4) is 0 Å². The Bertz CT molecular complexity index is 405.